The number of nitrogens with zero attached hydrogens (tertiary/aromatic N) is 1. The van der Waals surface area contributed by atoms with Gasteiger partial charge in [0, 0.05) is 19.6 Å². The summed E-state index contributed by atoms with van der Waals surface area (Å²) in [4.78, 5) is 13.2. The van der Waals surface area contributed by atoms with Gasteiger partial charge in [-0.2, -0.15) is 0 Å². The van der Waals surface area contributed by atoms with Crippen LogP contribution in [0.15, 0.2) is 0 Å². The van der Waals surface area contributed by atoms with Crippen molar-refractivity contribution >= 4 is 18.4 Å². The number of aliphatic carboxylic acids is 1. The minimum atomic E-state index is -0.617. The van der Waals surface area contributed by atoms with E-state index in [-0.39, 0.29) is 18.3 Å². The minimum Gasteiger partial charge on any atom is -0.481 e. The number of hydrogen-bond acceptors (Lipinski definition) is 2. The zero-order valence-corrected chi connectivity index (χ0v) is 10.0. The largest absolute Gasteiger partial charge is 0.481 e. The van der Waals surface area contributed by atoms with Crippen molar-refractivity contribution in [2.24, 2.45) is 17.8 Å². The molecule has 2 fully saturated rings. The summed E-state index contributed by atoms with van der Waals surface area (Å²) in [6, 6.07) is 0. The summed E-state index contributed by atoms with van der Waals surface area (Å²) in [6.07, 6.45) is 4.07. The van der Waals surface area contributed by atoms with Gasteiger partial charge in [-0.15, -0.1) is 12.4 Å². The highest BCUT2D eigenvalue weighted by Gasteiger charge is 2.35. The van der Waals surface area contributed by atoms with Crippen molar-refractivity contribution in [2.75, 3.05) is 19.6 Å². The van der Waals surface area contributed by atoms with E-state index in [4.69, 9.17) is 5.11 Å². The van der Waals surface area contributed by atoms with Crippen molar-refractivity contribution in [3.63, 3.8) is 0 Å². The Morgan fingerprint density at radius 3 is 2.47 bits per heavy atom. The van der Waals surface area contributed by atoms with Gasteiger partial charge in [-0.1, -0.05) is 13.3 Å². The van der Waals surface area contributed by atoms with E-state index in [1.54, 1.807) is 0 Å². The summed E-state index contributed by atoms with van der Waals surface area (Å²) in [5.74, 6) is 0.436. The fourth-order valence-corrected chi connectivity index (χ4v) is 2.58. The standard InChI is InChI=1S/C11H19NO2.ClH/c1-8-5-12(6-9-3-2-4-9)7-10(8)11(13)14;/h8-10H,2-7H2,1H3,(H,13,14);1H/t8-,10-;/m1./s1. The molecule has 15 heavy (non-hydrogen) atoms. The molecule has 0 aromatic rings. The molecule has 88 valence electrons. The lowest BCUT2D eigenvalue weighted by atomic mass is 9.85. The maximum Gasteiger partial charge on any atom is 0.308 e. The predicted octanol–water partition coefficient (Wildman–Crippen LogP) is 1.86. The Labute approximate surface area is 97.2 Å². The van der Waals surface area contributed by atoms with Gasteiger partial charge in [-0.3, -0.25) is 4.79 Å². The van der Waals surface area contributed by atoms with E-state index in [1.807, 2.05) is 0 Å². The summed E-state index contributed by atoms with van der Waals surface area (Å²) >= 11 is 0. The van der Waals surface area contributed by atoms with Crippen LogP contribution in [0.4, 0.5) is 0 Å². The van der Waals surface area contributed by atoms with Crippen LogP contribution < -0.4 is 0 Å². The summed E-state index contributed by atoms with van der Waals surface area (Å²) in [5, 5.41) is 8.98. The molecule has 1 aliphatic carbocycles. The highest BCUT2D eigenvalue weighted by molar-refractivity contribution is 5.85. The third-order valence-electron chi connectivity index (χ3n) is 3.75. The van der Waals surface area contributed by atoms with Crippen molar-refractivity contribution in [3.05, 3.63) is 0 Å². The Balaban J connectivity index is 0.00000112. The van der Waals surface area contributed by atoms with Gasteiger partial charge in [0.2, 0.25) is 0 Å². The van der Waals surface area contributed by atoms with Crippen LogP contribution >= 0.6 is 12.4 Å². The van der Waals surface area contributed by atoms with E-state index in [0.717, 1.165) is 25.6 Å². The van der Waals surface area contributed by atoms with Gasteiger partial charge >= 0.3 is 5.97 Å². The van der Waals surface area contributed by atoms with Gasteiger partial charge in [0.05, 0.1) is 5.92 Å². The zero-order chi connectivity index (χ0) is 10.1. The van der Waals surface area contributed by atoms with Crippen molar-refractivity contribution in [1.29, 1.82) is 0 Å². The molecule has 0 unspecified atom stereocenters. The summed E-state index contributed by atoms with van der Waals surface area (Å²) in [7, 11) is 0. The summed E-state index contributed by atoms with van der Waals surface area (Å²) in [6.45, 7) is 4.94. The van der Waals surface area contributed by atoms with Gasteiger partial charge in [0.15, 0.2) is 0 Å². The minimum absolute atomic E-state index is 0. The van der Waals surface area contributed by atoms with Crippen molar-refractivity contribution in [2.45, 2.75) is 26.2 Å². The van der Waals surface area contributed by atoms with E-state index < -0.39 is 5.97 Å². The molecular weight excluding hydrogens is 214 g/mol. The molecule has 4 heteroatoms. The van der Waals surface area contributed by atoms with E-state index >= 15 is 0 Å². The zero-order valence-electron chi connectivity index (χ0n) is 9.19. The van der Waals surface area contributed by atoms with E-state index in [0.29, 0.717) is 5.92 Å². The van der Waals surface area contributed by atoms with E-state index in [1.165, 1.54) is 19.3 Å². The monoisotopic (exact) mass is 233 g/mol. The molecule has 1 aliphatic heterocycles. The lowest BCUT2D eigenvalue weighted by Crippen LogP contribution is -2.31. The highest BCUT2D eigenvalue weighted by atomic mass is 35.5. The molecule has 2 rings (SSSR count). The molecule has 2 atom stereocenters. The van der Waals surface area contributed by atoms with Gasteiger partial charge in [0.1, 0.15) is 0 Å². The number of halogens is 1. The van der Waals surface area contributed by atoms with Crippen LogP contribution in [0.2, 0.25) is 0 Å². The Bertz CT molecular complexity index is 231. The first-order chi connectivity index (χ1) is 6.66. The van der Waals surface area contributed by atoms with Gasteiger partial charge in [-0.25, -0.2) is 0 Å². The lowest BCUT2D eigenvalue weighted by molar-refractivity contribution is -0.142. The number of carboxylic acid groups (broad SMARTS) is 1. The third-order valence-corrected chi connectivity index (χ3v) is 3.75. The second-order valence-corrected chi connectivity index (χ2v) is 4.94. The Hall–Kier alpha value is -0.280. The molecule has 0 aromatic carbocycles. The average Bonchev–Trinajstić information content (AvgIpc) is 2.39. The number of carboxylic acids is 1. The van der Waals surface area contributed by atoms with Gasteiger partial charge < -0.3 is 10.0 Å². The molecule has 2 aliphatic rings. The number of rotatable bonds is 3. The lowest BCUT2D eigenvalue weighted by Gasteiger charge is -2.29. The van der Waals surface area contributed by atoms with Crippen LogP contribution in [0.5, 0.6) is 0 Å². The molecule has 0 amide bonds. The van der Waals surface area contributed by atoms with Crippen LogP contribution in [0, 0.1) is 17.8 Å². The number of carbonyl (C=O) groups is 1. The van der Waals surface area contributed by atoms with Crippen LogP contribution in [-0.2, 0) is 4.79 Å². The first kappa shape index (κ1) is 12.8. The fourth-order valence-electron chi connectivity index (χ4n) is 2.58. The van der Waals surface area contributed by atoms with Crippen LogP contribution in [0.3, 0.4) is 0 Å². The van der Waals surface area contributed by atoms with Gasteiger partial charge in [-0.05, 0) is 24.7 Å². The molecule has 1 heterocycles. The Morgan fingerprint density at radius 2 is 2.07 bits per heavy atom. The first-order valence-corrected chi connectivity index (χ1v) is 5.62. The molecule has 0 aromatic heterocycles. The number of hydrogen-bond donors (Lipinski definition) is 1. The van der Waals surface area contributed by atoms with Crippen LogP contribution in [-0.4, -0.2) is 35.6 Å². The molecule has 1 saturated heterocycles. The van der Waals surface area contributed by atoms with Crippen molar-refractivity contribution in [1.82, 2.24) is 4.90 Å². The Kier molecular flexibility index (Phi) is 4.41. The average molecular weight is 234 g/mol. The summed E-state index contributed by atoms with van der Waals surface area (Å²) in [5.41, 5.74) is 0. The fraction of sp³-hybridized carbons (Fsp3) is 0.909. The smallest absolute Gasteiger partial charge is 0.308 e. The Morgan fingerprint density at radius 1 is 1.40 bits per heavy atom. The first-order valence-electron chi connectivity index (χ1n) is 5.62. The quantitative estimate of drug-likeness (QED) is 0.809. The molecule has 1 N–H and O–H groups in total. The second kappa shape index (κ2) is 5.17. The highest BCUT2D eigenvalue weighted by Crippen LogP contribution is 2.30. The predicted molar refractivity (Wildman–Crippen MR) is 61.3 cm³/mol. The molecule has 0 radical (unpaired) electrons. The normalized spacial score (nSPS) is 32.1. The molecule has 1 saturated carbocycles. The second-order valence-electron chi connectivity index (χ2n) is 4.94. The molecule has 0 spiro atoms. The maximum atomic E-state index is 10.9. The maximum absolute atomic E-state index is 10.9. The van der Waals surface area contributed by atoms with Crippen molar-refractivity contribution in [3.8, 4) is 0 Å². The van der Waals surface area contributed by atoms with Crippen LogP contribution in [0.1, 0.15) is 26.2 Å². The topological polar surface area (TPSA) is 40.5 Å². The third kappa shape index (κ3) is 2.85. The van der Waals surface area contributed by atoms with E-state index in [2.05, 4.69) is 11.8 Å². The summed E-state index contributed by atoms with van der Waals surface area (Å²) < 4.78 is 0. The molecule has 3 nitrogen and oxygen atoms in total. The van der Waals surface area contributed by atoms with Gasteiger partial charge in [0.25, 0.3) is 0 Å². The van der Waals surface area contributed by atoms with Crippen LogP contribution in [0.25, 0.3) is 0 Å². The van der Waals surface area contributed by atoms with E-state index in [9.17, 15) is 4.79 Å². The number of likely N-dealkylation sites (tertiary alicyclic amines) is 1. The SMILES string of the molecule is C[C@@H]1CN(CC2CCC2)C[C@H]1C(=O)O.Cl. The molecular formula is C11H20ClNO2. The molecule has 0 bridgehead atoms. The van der Waals surface area contributed by atoms with Crippen molar-refractivity contribution < 1.29 is 9.90 Å².